The van der Waals surface area contributed by atoms with Crippen LogP contribution in [0.2, 0.25) is 0 Å². The molecule has 0 aliphatic rings. The minimum atomic E-state index is -0.424. The second-order valence-electron chi connectivity index (χ2n) is 3.94. The summed E-state index contributed by atoms with van der Waals surface area (Å²) in [7, 11) is 0. The number of halogens is 2. The highest BCUT2D eigenvalue weighted by Gasteiger charge is 2.05. The molecule has 0 aliphatic heterocycles. The molecule has 0 amide bonds. The van der Waals surface area contributed by atoms with E-state index in [1.807, 2.05) is 19.1 Å². The summed E-state index contributed by atoms with van der Waals surface area (Å²) in [5, 5.41) is 3.11. The molecule has 0 aliphatic carbocycles. The smallest absolute Gasteiger partial charge is 0.136 e. The molecule has 1 aromatic heterocycles. The molecule has 0 saturated heterocycles. The van der Waals surface area contributed by atoms with Crippen LogP contribution < -0.4 is 5.32 Å². The maximum atomic E-state index is 13.5. The zero-order chi connectivity index (χ0) is 13.7. The Bertz CT molecular complexity index is 561. The van der Waals surface area contributed by atoms with E-state index in [4.69, 9.17) is 0 Å². The fourth-order valence-electron chi connectivity index (χ4n) is 1.59. The summed E-state index contributed by atoms with van der Waals surface area (Å²) in [5.41, 5.74) is 1.01. The third kappa shape index (κ3) is 3.92. The zero-order valence-electron chi connectivity index (χ0n) is 10.5. The average molecular weight is 280 g/mol. The molecule has 2 rings (SSSR count). The van der Waals surface area contributed by atoms with Crippen LogP contribution in [-0.2, 0) is 5.75 Å². The van der Waals surface area contributed by atoms with E-state index in [9.17, 15) is 8.78 Å². The molecule has 2 aromatic rings. The van der Waals surface area contributed by atoms with Crippen LogP contribution in [0.1, 0.15) is 12.5 Å². The highest BCUT2D eigenvalue weighted by molar-refractivity contribution is 7.98. The molecule has 0 spiro atoms. The second-order valence-corrected chi connectivity index (χ2v) is 4.96. The van der Waals surface area contributed by atoms with Gasteiger partial charge in [-0.3, -0.25) is 0 Å². The van der Waals surface area contributed by atoms with Crippen molar-refractivity contribution in [1.82, 2.24) is 4.98 Å². The maximum absolute atomic E-state index is 13.5. The van der Waals surface area contributed by atoms with Gasteiger partial charge in [0.15, 0.2) is 0 Å². The van der Waals surface area contributed by atoms with Gasteiger partial charge in [-0.1, -0.05) is 0 Å². The molecule has 0 bridgehead atoms. The molecule has 0 radical (unpaired) electrons. The van der Waals surface area contributed by atoms with Gasteiger partial charge in [0.2, 0.25) is 0 Å². The Morgan fingerprint density at radius 1 is 1.21 bits per heavy atom. The van der Waals surface area contributed by atoms with Gasteiger partial charge in [-0.2, -0.15) is 0 Å². The number of rotatable bonds is 5. The Morgan fingerprint density at radius 2 is 2.05 bits per heavy atom. The third-order valence-electron chi connectivity index (χ3n) is 2.47. The first-order chi connectivity index (χ1) is 9.19. The number of hydrogen-bond acceptors (Lipinski definition) is 3. The average Bonchev–Trinajstić information content (AvgIpc) is 2.41. The molecule has 2 nitrogen and oxygen atoms in total. The maximum Gasteiger partial charge on any atom is 0.136 e. The Labute approximate surface area is 115 Å². The summed E-state index contributed by atoms with van der Waals surface area (Å²) in [4.78, 5) is 4.48. The van der Waals surface area contributed by atoms with Crippen LogP contribution in [0.4, 0.5) is 14.6 Å². The van der Waals surface area contributed by atoms with Crippen LogP contribution >= 0.6 is 11.8 Å². The van der Waals surface area contributed by atoms with E-state index in [0.29, 0.717) is 10.6 Å². The summed E-state index contributed by atoms with van der Waals surface area (Å²) >= 11 is 1.27. The highest BCUT2D eigenvalue weighted by atomic mass is 32.2. The van der Waals surface area contributed by atoms with E-state index in [2.05, 4.69) is 10.3 Å². The number of pyridine rings is 1. The van der Waals surface area contributed by atoms with Gasteiger partial charge in [-0.05, 0) is 42.8 Å². The van der Waals surface area contributed by atoms with E-state index in [0.717, 1.165) is 30.1 Å². The number of nitrogens with one attached hydrogen (secondary N) is 1. The van der Waals surface area contributed by atoms with Gasteiger partial charge in [0.1, 0.15) is 17.5 Å². The minimum Gasteiger partial charge on any atom is -0.370 e. The van der Waals surface area contributed by atoms with Crippen molar-refractivity contribution in [3.63, 3.8) is 0 Å². The molecular formula is C14H14F2N2S. The van der Waals surface area contributed by atoms with Gasteiger partial charge < -0.3 is 5.32 Å². The van der Waals surface area contributed by atoms with Gasteiger partial charge in [-0.15, -0.1) is 11.8 Å². The minimum absolute atomic E-state index is 0.321. The third-order valence-corrected chi connectivity index (χ3v) is 3.57. The van der Waals surface area contributed by atoms with Crippen molar-refractivity contribution in [3.05, 3.63) is 53.7 Å². The van der Waals surface area contributed by atoms with E-state index in [-0.39, 0.29) is 0 Å². The van der Waals surface area contributed by atoms with Crippen LogP contribution in [0.5, 0.6) is 0 Å². The number of aromatic nitrogens is 1. The van der Waals surface area contributed by atoms with E-state index < -0.39 is 11.6 Å². The standard InChI is InChI=1S/C14H14F2N2S/c1-2-17-14-7-10(5-6-18-14)9-19-13-8-11(15)3-4-12(13)16/h3-8H,2,9H2,1H3,(H,17,18). The van der Waals surface area contributed by atoms with Crippen LogP contribution in [0.15, 0.2) is 41.4 Å². The zero-order valence-corrected chi connectivity index (χ0v) is 11.3. The predicted molar refractivity (Wildman–Crippen MR) is 74.3 cm³/mol. The van der Waals surface area contributed by atoms with Crippen molar-refractivity contribution in [1.29, 1.82) is 0 Å². The quantitative estimate of drug-likeness (QED) is 0.835. The van der Waals surface area contributed by atoms with Crippen LogP contribution in [-0.4, -0.2) is 11.5 Å². The second kappa shape index (κ2) is 6.52. The number of nitrogens with zero attached hydrogens (tertiary/aromatic N) is 1. The molecule has 1 N–H and O–H groups in total. The normalized spacial score (nSPS) is 10.5. The van der Waals surface area contributed by atoms with Gasteiger partial charge in [-0.25, -0.2) is 13.8 Å². The Kier molecular flexibility index (Phi) is 4.74. The van der Waals surface area contributed by atoms with Crippen molar-refractivity contribution < 1.29 is 8.78 Å². The van der Waals surface area contributed by atoms with Crippen molar-refractivity contribution >= 4 is 17.6 Å². The lowest BCUT2D eigenvalue weighted by atomic mass is 10.3. The van der Waals surface area contributed by atoms with Crippen molar-refractivity contribution in [3.8, 4) is 0 Å². The van der Waals surface area contributed by atoms with Gasteiger partial charge >= 0.3 is 0 Å². The highest BCUT2D eigenvalue weighted by Crippen LogP contribution is 2.26. The molecule has 5 heteroatoms. The molecular weight excluding hydrogens is 266 g/mol. The lowest BCUT2D eigenvalue weighted by molar-refractivity contribution is 0.577. The summed E-state index contributed by atoms with van der Waals surface area (Å²) in [6.07, 6.45) is 1.70. The summed E-state index contributed by atoms with van der Waals surface area (Å²) in [5.74, 6) is 0.543. The fraction of sp³-hybridized carbons (Fsp3) is 0.214. The number of benzene rings is 1. The van der Waals surface area contributed by atoms with E-state index in [1.165, 1.54) is 17.8 Å². The summed E-state index contributed by atoms with van der Waals surface area (Å²) < 4.78 is 26.5. The summed E-state index contributed by atoms with van der Waals surface area (Å²) in [6, 6.07) is 7.26. The fourth-order valence-corrected chi connectivity index (χ4v) is 2.49. The first-order valence-corrected chi connectivity index (χ1v) is 6.94. The molecule has 100 valence electrons. The predicted octanol–water partition coefficient (Wildman–Crippen LogP) is 4.08. The van der Waals surface area contributed by atoms with E-state index in [1.54, 1.807) is 6.20 Å². The molecule has 0 unspecified atom stereocenters. The first-order valence-electron chi connectivity index (χ1n) is 5.95. The first kappa shape index (κ1) is 13.8. The molecule has 19 heavy (non-hydrogen) atoms. The lowest BCUT2D eigenvalue weighted by Crippen LogP contribution is -1.99. The monoisotopic (exact) mass is 280 g/mol. The van der Waals surface area contributed by atoms with Crippen LogP contribution in [0.25, 0.3) is 0 Å². The largest absolute Gasteiger partial charge is 0.370 e. The van der Waals surface area contributed by atoms with Gasteiger partial charge in [0, 0.05) is 23.4 Å². The SMILES string of the molecule is CCNc1cc(CSc2cc(F)ccc2F)ccn1. The van der Waals surface area contributed by atoms with Gasteiger partial charge in [0.25, 0.3) is 0 Å². The van der Waals surface area contributed by atoms with Crippen LogP contribution in [0, 0.1) is 11.6 Å². The van der Waals surface area contributed by atoms with E-state index >= 15 is 0 Å². The molecule has 1 aromatic carbocycles. The van der Waals surface area contributed by atoms with Crippen LogP contribution in [0.3, 0.4) is 0 Å². The van der Waals surface area contributed by atoms with Crippen molar-refractivity contribution in [2.24, 2.45) is 0 Å². The molecule has 1 heterocycles. The Balaban J connectivity index is 2.05. The van der Waals surface area contributed by atoms with Crippen molar-refractivity contribution in [2.75, 3.05) is 11.9 Å². The topological polar surface area (TPSA) is 24.9 Å². The summed E-state index contributed by atoms with van der Waals surface area (Å²) in [6.45, 7) is 2.79. The number of thioether (sulfide) groups is 1. The molecule has 0 atom stereocenters. The van der Waals surface area contributed by atoms with Gasteiger partial charge in [0.05, 0.1) is 0 Å². The lowest BCUT2D eigenvalue weighted by Gasteiger charge is -2.06. The Morgan fingerprint density at radius 3 is 2.84 bits per heavy atom. The number of anilines is 1. The Hall–Kier alpha value is -1.62. The van der Waals surface area contributed by atoms with Crippen molar-refractivity contribution in [2.45, 2.75) is 17.6 Å². The molecule has 0 fully saturated rings. The number of hydrogen-bond donors (Lipinski definition) is 1. The molecule has 0 saturated carbocycles.